The van der Waals surface area contributed by atoms with E-state index in [2.05, 4.69) is 134 Å². The maximum absolute atomic E-state index is 10.4. The highest BCUT2D eigenvalue weighted by Gasteiger charge is 2.40. The minimum Gasteiger partial charge on any atom is -0.393 e. The van der Waals surface area contributed by atoms with E-state index in [4.69, 9.17) is 0 Å². The maximum atomic E-state index is 10.4. The summed E-state index contributed by atoms with van der Waals surface area (Å²) in [6.07, 6.45) is 29.8. The molecule has 0 saturated carbocycles. The van der Waals surface area contributed by atoms with Gasteiger partial charge in [0.05, 0.1) is 18.3 Å². The molecule has 43 heavy (non-hydrogen) atoms. The van der Waals surface area contributed by atoms with Crippen molar-refractivity contribution in [3.8, 4) is 0 Å². The molecule has 234 valence electrons. The van der Waals surface area contributed by atoms with E-state index in [9.17, 15) is 15.3 Å². The molecule has 2 aliphatic rings. The molecular formula is C40H56O3. The Labute approximate surface area is 262 Å². The molecular weight excluding hydrogens is 528 g/mol. The van der Waals surface area contributed by atoms with E-state index in [-0.39, 0.29) is 11.5 Å². The van der Waals surface area contributed by atoms with Gasteiger partial charge in [0.2, 0.25) is 0 Å². The molecule has 0 spiro atoms. The van der Waals surface area contributed by atoms with Gasteiger partial charge < -0.3 is 15.3 Å². The van der Waals surface area contributed by atoms with Crippen LogP contribution < -0.4 is 0 Å². The third kappa shape index (κ3) is 11.2. The molecule has 0 radical (unpaired) electrons. The average Bonchev–Trinajstić information content (AvgIpc) is 2.88. The topological polar surface area (TPSA) is 60.7 Å². The summed E-state index contributed by atoms with van der Waals surface area (Å²) in [5.74, 6) is 0. The second-order valence-corrected chi connectivity index (χ2v) is 13.7. The quantitative estimate of drug-likeness (QED) is 0.224. The number of rotatable bonds is 10. The molecule has 0 fully saturated rings. The summed E-state index contributed by atoms with van der Waals surface area (Å²) in [6, 6.07) is 0. The molecule has 0 bridgehead atoms. The molecule has 3 atom stereocenters. The lowest BCUT2D eigenvalue weighted by Gasteiger charge is -2.40. The highest BCUT2D eigenvalue weighted by molar-refractivity contribution is 5.40. The number of hydrogen-bond donors (Lipinski definition) is 3. The van der Waals surface area contributed by atoms with Crippen molar-refractivity contribution in [2.24, 2.45) is 10.8 Å². The zero-order valence-electron chi connectivity index (χ0n) is 28.3. The fourth-order valence-corrected chi connectivity index (χ4v) is 6.03. The first-order valence-electron chi connectivity index (χ1n) is 15.6. The van der Waals surface area contributed by atoms with Crippen LogP contribution in [0.15, 0.2) is 130 Å². The number of hydrogen-bond acceptors (Lipinski definition) is 3. The van der Waals surface area contributed by atoms with E-state index in [1.165, 1.54) is 22.3 Å². The molecule has 0 amide bonds. The smallest absolute Gasteiger partial charge is 0.0893 e. The Morgan fingerprint density at radius 3 is 1.51 bits per heavy atom. The van der Waals surface area contributed by atoms with Crippen molar-refractivity contribution in [1.82, 2.24) is 0 Å². The Kier molecular flexibility index (Phi) is 13.6. The fourth-order valence-electron chi connectivity index (χ4n) is 6.03. The summed E-state index contributed by atoms with van der Waals surface area (Å²) in [6.45, 7) is 20.9. The van der Waals surface area contributed by atoms with Crippen LogP contribution in [0, 0.1) is 10.8 Å². The van der Waals surface area contributed by atoms with Crippen LogP contribution in [0.3, 0.4) is 0 Å². The molecule has 2 rings (SSSR count). The predicted octanol–water partition coefficient (Wildman–Crippen LogP) is 9.52. The van der Waals surface area contributed by atoms with Gasteiger partial charge in [-0.1, -0.05) is 146 Å². The van der Waals surface area contributed by atoms with Gasteiger partial charge in [-0.15, -0.1) is 0 Å². The van der Waals surface area contributed by atoms with E-state index >= 15 is 0 Å². The molecule has 2 aliphatic carbocycles. The standard InChI is InChI=1S/C40H56O3/c1-28(17-13-19-30(3)21-23-35-32(5)25-34(41)27-39(35,7)8)15-11-12-16-29(2)18-14-20-31(4)22-24-36-33(6)26-37(42)38(43)40(36,9)10/h11-24,34,37-38,41-43H,25-27H2,1-10H3/b12-11+,17-13+,18-14+,23-21+,24-22+,28-15+,29-16+,30-19+,31-20+/t34-,37-,38-/m0/s1. The molecule has 0 unspecified atom stereocenters. The lowest BCUT2D eigenvalue weighted by atomic mass is 9.69. The van der Waals surface area contributed by atoms with Crippen molar-refractivity contribution in [2.45, 2.75) is 107 Å². The Balaban J connectivity index is 1.92. The minimum absolute atomic E-state index is 0.00247. The summed E-state index contributed by atoms with van der Waals surface area (Å²) in [4.78, 5) is 0. The Morgan fingerprint density at radius 1 is 0.605 bits per heavy atom. The van der Waals surface area contributed by atoms with Gasteiger partial charge in [-0.05, 0) is 77.4 Å². The van der Waals surface area contributed by atoms with Crippen LogP contribution in [0.5, 0.6) is 0 Å². The van der Waals surface area contributed by atoms with Crippen molar-refractivity contribution in [1.29, 1.82) is 0 Å². The monoisotopic (exact) mass is 584 g/mol. The van der Waals surface area contributed by atoms with E-state index in [0.29, 0.717) is 6.42 Å². The predicted molar refractivity (Wildman–Crippen MR) is 186 cm³/mol. The van der Waals surface area contributed by atoms with Gasteiger partial charge in [-0.25, -0.2) is 0 Å². The first-order valence-corrected chi connectivity index (χ1v) is 15.6. The van der Waals surface area contributed by atoms with Gasteiger partial charge in [0.15, 0.2) is 0 Å². The van der Waals surface area contributed by atoms with Crippen LogP contribution in [-0.2, 0) is 0 Å². The molecule has 0 aliphatic heterocycles. The maximum Gasteiger partial charge on any atom is 0.0893 e. The summed E-state index contributed by atoms with van der Waals surface area (Å²) < 4.78 is 0. The number of allylic oxidation sites excluding steroid dienone is 19. The van der Waals surface area contributed by atoms with Crippen LogP contribution in [0.1, 0.15) is 88.5 Å². The molecule has 0 aromatic carbocycles. The van der Waals surface area contributed by atoms with Gasteiger partial charge in [-0.3, -0.25) is 0 Å². The molecule has 3 nitrogen and oxygen atoms in total. The third-order valence-corrected chi connectivity index (χ3v) is 8.54. The number of aliphatic hydroxyl groups is 3. The Morgan fingerprint density at radius 2 is 1.02 bits per heavy atom. The second-order valence-electron chi connectivity index (χ2n) is 13.7. The van der Waals surface area contributed by atoms with E-state index in [1.54, 1.807) is 0 Å². The van der Waals surface area contributed by atoms with Gasteiger partial charge in [-0.2, -0.15) is 0 Å². The van der Waals surface area contributed by atoms with E-state index in [1.807, 2.05) is 20.8 Å². The molecule has 0 aromatic rings. The lowest BCUT2D eigenvalue weighted by Crippen LogP contribution is -2.44. The van der Waals surface area contributed by atoms with Crippen LogP contribution in [0.25, 0.3) is 0 Å². The Hall–Kier alpha value is -2.98. The average molecular weight is 585 g/mol. The number of aliphatic hydroxyl groups excluding tert-OH is 3. The zero-order chi connectivity index (χ0) is 32.4. The van der Waals surface area contributed by atoms with Crippen molar-refractivity contribution >= 4 is 0 Å². The van der Waals surface area contributed by atoms with Crippen molar-refractivity contribution < 1.29 is 15.3 Å². The molecule has 0 heterocycles. The van der Waals surface area contributed by atoms with Gasteiger partial charge in [0, 0.05) is 5.41 Å². The molecule has 3 N–H and O–H groups in total. The van der Waals surface area contributed by atoms with Crippen molar-refractivity contribution in [3.63, 3.8) is 0 Å². The summed E-state index contributed by atoms with van der Waals surface area (Å²) in [5.41, 5.74) is 8.99. The summed E-state index contributed by atoms with van der Waals surface area (Å²) in [5, 5.41) is 30.7. The molecule has 0 saturated heterocycles. The van der Waals surface area contributed by atoms with E-state index < -0.39 is 17.6 Å². The summed E-state index contributed by atoms with van der Waals surface area (Å²) in [7, 11) is 0. The first kappa shape index (κ1) is 36.2. The van der Waals surface area contributed by atoms with Gasteiger partial charge in [0.25, 0.3) is 0 Å². The van der Waals surface area contributed by atoms with E-state index in [0.717, 1.165) is 35.1 Å². The lowest BCUT2D eigenvalue weighted by molar-refractivity contribution is -0.0439. The van der Waals surface area contributed by atoms with Gasteiger partial charge in [0.1, 0.15) is 0 Å². The van der Waals surface area contributed by atoms with Crippen LogP contribution in [-0.4, -0.2) is 33.6 Å². The third-order valence-electron chi connectivity index (χ3n) is 8.54. The largest absolute Gasteiger partial charge is 0.393 e. The molecule has 3 heteroatoms. The second kappa shape index (κ2) is 16.2. The van der Waals surface area contributed by atoms with Gasteiger partial charge >= 0.3 is 0 Å². The van der Waals surface area contributed by atoms with Crippen LogP contribution in [0.4, 0.5) is 0 Å². The first-order chi connectivity index (χ1) is 20.0. The van der Waals surface area contributed by atoms with Crippen LogP contribution in [0.2, 0.25) is 0 Å². The summed E-state index contributed by atoms with van der Waals surface area (Å²) >= 11 is 0. The van der Waals surface area contributed by atoms with Crippen LogP contribution >= 0.6 is 0 Å². The molecule has 0 aromatic heterocycles. The zero-order valence-corrected chi connectivity index (χ0v) is 28.3. The highest BCUT2D eigenvalue weighted by atomic mass is 16.3. The fraction of sp³-hybridized carbons (Fsp3) is 0.450. The SMILES string of the molecule is CC1=C(/C=C/C(C)=C/C=C/C(C)=C/C=C/C=C(C)/C=C/C=C(C)/C=C/C2=C(C)C[C@H](O)[C@H](O)C2(C)C)C(C)(C)C[C@@H](O)C1. The van der Waals surface area contributed by atoms with Crippen molar-refractivity contribution in [3.05, 3.63) is 130 Å². The minimum atomic E-state index is -0.761. The normalized spacial score (nSPS) is 26.5. The highest BCUT2D eigenvalue weighted by Crippen LogP contribution is 2.42. The Bertz CT molecular complexity index is 1330. The van der Waals surface area contributed by atoms with Crippen molar-refractivity contribution in [2.75, 3.05) is 0 Å².